The van der Waals surface area contributed by atoms with Gasteiger partial charge in [-0.1, -0.05) is 48.0 Å². The molecule has 4 nitrogen and oxygen atoms in total. The molecule has 2 rings (SSSR count). The molecule has 0 heterocycles. The molecule has 24 heavy (non-hydrogen) atoms. The maximum atomic E-state index is 6.01. The Balaban J connectivity index is 1.90. The lowest BCUT2D eigenvalue weighted by atomic mass is 10.1. The summed E-state index contributed by atoms with van der Waals surface area (Å²) in [5.41, 5.74) is 3.51. The Bertz CT molecular complexity index is 673. The standard InChI is InChI=1S/C19H24ClN3O/c1-3-24-14-17-9-5-4-8-16(17)13-23-19(21-2)22-12-15-7-6-10-18(20)11-15/h4-11H,3,12-14H2,1-2H3,(H2,21,22,23). The molecule has 0 aliphatic heterocycles. The summed E-state index contributed by atoms with van der Waals surface area (Å²) >= 11 is 6.01. The second kappa shape index (κ2) is 9.96. The fourth-order valence-corrected chi connectivity index (χ4v) is 2.53. The lowest BCUT2D eigenvalue weighted by molar-refractivity contribution is 0.133. The zero-order valence-corrected chi connectivity index (χ0v) is 14.9. The molecular formula is C19H24ClN3O. The van der Waals surface area contributed by atoms with Gasteiger partial charge in [-0.3, -0.25) is 4.99 Å². The predicted octanol–water partition coefficient (Wildman–Crippen LogP) is 3.74. The molecule has 128 valence electrons. The molecule has 0 bridgehead atoms. The quantitative estimate of drug-likeness (QED) is 0.593. The Morgan fingerprint density at radius 3 is 2.50 bits per heavy atom. The minimum atomic E-state index is 0.628. The number of benzene rings is 2. The fraction of sp³-hybridized carbons (Fsp3) is 0.316. The number of ether oxygens (including phenoxy) is 1. The predicted molar refractivity (Wildman–Crippen MR) is 100 cm³/mol. The zero-order chi connectivity index (χ0) is 17.2. The molecule has 0 saturated heterocycles. The van der Waals surface area contributed by atoms with Crippen LogP contribution >= 0.6 is 11.6 Å². The fourth-order valence-electron chi connectivity index (χ4n) is 2.32. The lowest BCUT2D eigenvalue weighted by Crippen LogP contribution is -2.36. The van der Waals surface area contributed by atoms with E-state index in [0.717, 1.165) is 16.5 Å². The first-order valence-electron chi connectivity index (χ1n) is 8.06. The molecule has 0 spiro atoms. The van der Waals surface area contributed by atoms with Crippen molar-refractivity contribution >= 4 is 17.6 Å². The molecule has 0 radical (unpaired) electrons. The van der Waals surface area contributed by atoms with Crippen molar-refractivity contribution in [3.8, 4) is 0 Å². The third-order valence-electron chi connectivity index (χ3n) is 3.60. The first-order chi connectivity index (χ1) is 11.7. The first kappa shape index (κ1) is 18.3. The molecule has 0 saturated carbocycles. The number of nitrogens with zero attached hydrogens (tertiary/aromatic N) is 1. The van der Waals surface area contributed by atoms with Crippen molar-refractivity contribution in [2.24, 2.45) is 4.99 Å². The molecule has 0 aromatic heterocycles. The van der Waals surface area contributed by atoms with E-state index in [1.54, 1.807) is 7.05 Å². The van der Waals surface area contributed by atoms with Crippen LogP contribution in [0, 0.1) is 0 Å². The van der Waals surface area contributed by atoms with Crippen molar-refractivity contribution in [1.29, 1.82) is 0 Å². The van der Waals surface area contributed by atoms with Crippen LogP contribution in [0.25, 0.3) is 0 Å². The largest absolute Gasteiger partial charge is 0.377 e. The molecule has 0 amide bonds. The van der Waals surface area contributed by atoms with Gasteiger partial charge in [-0.05, 0) is 35.7 Å². The topological polar surface area (TPSA) is 45.6 Å². The second-order valence-electron chi connectivity index (χ2n) is 5.32. The molecule has 0 atom stereocenters. The summed E-state index contributed by atoms with van der Waals surface area (Å²) < 4.78 is 5.52. The van der Waals surface area contributed by atoms with Crippen molar-refractivity contribution in [3.05, 3.63) is 70.2 Å². The van der Waals surface area contributed by atoms with E-state index in [4.69, 9.17) is 16.3 Å². The lowest BCUT2D eigenvalue weighted by Gasteiger charge is -2.14. The van der Waals surface area contributed by atoms with E-state index >= 15 is 0 Å². The van der Waals surface area contributed by atoms with Crippen LogP contribution in [0.2, 0.25) is 5.02 Å². The Labute approximate surface area is 148 Å². The Morgan fingerprint density at radius 2 is 1.79 bits per heavy atom. The van der Waals surface area contributed by atoms with Gasteiger partial charge in [0, 0.05) is 31.8 Å². The maximum absolute atomic E-state index is 6.01. The summed E-state index contributed by atoms with van der Waals surface area (Å²) in [4.78, 5) is 4.26. The van der Waals surface area contributed by atoms with Crippen molar-refractivity contribution in [2.45, 2.75) is 26.6 Å². The van der Waals surface area contributed by atoms with Gasteiger partial charge in [-0.15, -0.1) is 0 Å². The molecule has 0 unspecified atom stereocenters. The molecule has 0 fully saturated rings. The van der Waals surface area contributed by atoms with Crippen molar-refractivity contribution < 1.29 is 4.74 Å². The number of rotatable bonds is 7. The maximum Gasteiger partial charge on any atom is 0.191 e. The van der Waals surface area contributed by atoms with Gasteiger partial charge < -0.3 is 15.4 Å². The number of hydrogen-bond acceptors (Lipinski definition) is 2. The van der Waals surface area contributed by atoms with Crippen molar-refractivity contribution in [3.63, 3.8) is 0 Å². The Morgan fingerprint density at radius 1 is 1.04 bits per heavy atom. The smallest absolute Gasteiger partial charge is 0.191 e. The number of hydrogen-bond donors (Lipinski definition) is 2. The highest BCUT2D eigenvalue weighted by molar-refractivity contribution is 6.30. The number of aliphatic imine (C=N–C) groups is 1. The Hall–Kier alpha value is -2.04. The summed E-state index contributed by atoms with van der Waals surface area (Å²) in [6.07, 6.45) is 0. The summed E-state index contributed by atoms with van der Waals surface area (Å²) in [5.74, 6) is 0.751. The van der Waals surface area contributed by atoms with Gasteiger partial charge in [-0.25, -0.2) is 0 Å². The van der Waals surface area contributed by atoms with Crippen LogP contribution < -0.4 is 10.6 Å². The molecule has 5 heteroatoms. The van der Waals surface area contributed by atoms with E-state index in [1.807, 2.05) is 43.3 Å². The molecule has 0 aliphatic carbocycles. The highest BCUT2D eigenvalue weighted by Gasteiger charge is 2.04. The molecule has 2 N–H and O–H groups in total. The van der Waals surface area contributed by atoms with E-state index in [9.17, 15) is 0 Å². The number of guanidine groups is 1. The van der Waals surface area contributed by atoms with Gasteiger partial charge in [-0.2, -0.15) is 0 Å². The summed E-state index contributed by atoms with van der Waals surface area (Å²) in [6, 6.07) is 16.1. The van der Waals surface area contributed by atoms with Crippen LogP contribution in [-0.2, 0) is 24.4 Å². The van der Waals surface area contributed by atoms with Gasteiger partial charge in [0.15, 0.2) is 5.96 Å². The highest BCUT2D eigenvalue weighted by Crippen LogP contribution is 2.11. The van der Waals surface area contributed by atoms with Crippen molar-refractivity contribution in [1.82, 2.24) is 10.6 Å². The SMILES string of the molecule is CCOCc1ccccc1CNC(=NC)NCc1cccc(Cl)c1. The van der Waals surface area contributed by atoms with E-state index in [-0.39, 0.29) is 0 Å². The third-order valence-corrected chi connectivity index (χ3v) is 3.83. The summed E-state index contributed by atoms with van der Waals surface area (Å²) in [6.45, 7) is 4.70. The van der Waals surface area contributed by atoms with Crippen LogP contribution in [-0.4, -0.2) is 19.6 Å². The van der Waals surface area contributed by atoms with E-state index in [0.29, 0.717) is 26.3 Å². The van der Waals surface area contributed by atoms with Gasteiger partial charge in [0.1, 0.15) is 0 Å². The van der Waals surface area contributed by atoms with Gasteiger partial charge >= 0.3 is 0 Å². The normalized spacial score (nSPS) is 11.4. The molecular weight excluding hydrogens is 322 g/mol. The van der Waals surface area contributed by atoms with Crippen LogP contribution in [0.4, 0.5) is 0 Å². The Kier molecular flexibility index (Phi) is 7.59. The second-order valence-corrected chi connectivity index (χ2v) is 5.75. The van der Waals surface area contributed by atoms with Crippen LogP contribution in [0.5, 0.6) is 0 Å². The van der Waals surface area contributed by atoms with E-state index < -0.39 is 0 Å². The van der Waals surface area contributed by atoms with Gasteiger partial charge in [0.05, 0.1) is 6.61 Å². The monoisotopic (exact) mass is 345 g/mol. The average Bonchev–Trinajstić information content (AvgIpc) is 2.61. The summed E-state index contributed by atoms with van der Waals surface area (Å²) in [5, 5.41) is 7.37. The van der Waals surface area contributed by atoms with E-state index in [2.05, 4.69) is 27.8 Å². The zero-order valence-electron chi connectivity index (χ0n) is 14.2. The van der Waals surface area contributed by atoms with Crippen molar-refractivity contribution in [2.75, 3.05) is 13.7 Å². The third kappa shape index (κ3) is 5.87. The van der Waals surface area contributed by atoms with Gasteiger partial charge in [0.2, 0.25) is 0 Å². The van der Waals surface area contributed by atoms with Gasteiger partial charge in [0.25, 0.3) is 0 Å². The minimum Gasteiger partial charge on any atom is -0.377 e. The van der Waals surface area contributed by atoms with E-state index in [1.165, 1.54) is 11.1 Å². The summed E-state index contributed by atoms with van der Waals surface area (Å²) in [7, 11) is 1.76. The molecule has 2 aromatic carbocycles. The minimum absolute atomic E-state index is 0.628. The number of nitrogens with one attached hydrogen (secondary N) is 2. The van der Waals surface area contributed by atoms with Crippen LogP contribution in [0.3, 0.4) is 0 Å². The number of halogens is 1. The highest BCUT2D eigenvalue weighted by atomic mass is 35.5. The molecule has 0 aliphatic rings. The molecule has 2 aromatic rings. The first-order valence-corrected chi connectivity index (χ1v) is 8.44. The van der Waals surface area contributed by atoms with Crippen LogP contribution in [0.1, 0.15) is 23.6 Å². The average molecular weight is 346 g/mol. The van der Waals surface area contributed by atoms with Crippen LogP contribution in [0.15, 0.2) is 53.5 Å².